The normalized spacial score (nSPS) is 9.95. The fourth-order valence-electron chi connectivity index (χ4n) is 2.07. The van der Waals surface area contributed by atoms with Crippen molar-refractivity contribution < 1.29 is 19.1 Å². The number of anilines is 1. The molecule has 0 saturated carbocycles. The first-order valence-electron chi connectivity index (χ1n) is 6.70. The van der Waals surface area contributed by atoms with Crippen molar-refractivity contribution in [2.24, 2.45) is 0 Å². The largest absolute Gasteiger partial charge is 0.493 e. The third-order valence-corrected chi connectivity index (χ3v) is 3.20. The van der Waals surface area contributed by atoms with Gasteiger partial charge in [-0.3, -0.25) is 9.59 Å². The van der Waals surface area contributed by atoms with E-state index < -0.39 is 0 Å². The highest BCUT2D eigenvalue weighted by Gasteiger charge is 2.13. The number of carbonyl (C=O) groups excluding carboxylic acids is 2. The van der Waals surface area contributed by atoms with Crippen molar-refractivity contribution in [3.63, 3.8) is 0 Å². The first kappa shape index (κ1) is 15.6. The third kappa shape index (κ3) is 3.25. The van der Waals surface area contributed by atoms with Crippen LogP contribution in [-0.4, -0.2) is 25.9 Å². The molecule has 0 aromatic heterocycles. The Kier molecular flexibility index (Phi) is 4.78. The van der Waals surface area contributed by atoms with Crippen LogP contribution in [-0.2, 0) is 0 Å². The Morgan fingerprint density at radius 3 is 2.27 bits per heavy atom. The Balaban J connectivity index is 2.28. The van der Waals surface area contributed by atoms with Gasteiger partial charge in [0, 0.05) is 11.1 Å². The van der Waals surface area contributed by atoms with E-state index >= 15 is 0 Å². The Morgan fingerprint density at radius 1 is 0.955 bits per heavy atom. The number of para-hydroxylation sites is 1. The number of Topliss-reactive ketones (excluding diaryl/α,β-unsaturated/α-hetero) is 1. The Labute approximate surface area is 128 Å². The molecule has 0 heterocycles. The van der Waals surface area contributed by atoms with Gasteiger partial charge < -0.3 is 14.8 Å². The lowest BCUT2D eigenvalue weighted by molar-refractivity contribution is 0.101. The quantitative estimate of drug-likeness (QED) is 0.861. The number of methoxy groups -OCH3 is 2. The molecule has 0 fully saturated rings. The lowest BCUT2D eigenvalue weighted by Gasteiger charge is -2.11. The molecular formula is C17H17NO4. The Bertz CT molecular complexity index is 710. The van der Waals surface area contributed by atoms with E-state index in [9.17, 15) is 9.59 Å². The lowest BCUT2D eigenvalue weighted by Crippen LogP contribution is -2.14. The van der Waals surface area contributed by atoms with Crippen LogP contribution in [0.1, 0.15) is 27.6 Å². The molecule has 0 bridgehead atoms. The number of nitrogens with one attached hydrogen (secondary N) is 1. The Morgan fingerprint density at radius 2 is 1.64 bits per heavy atom. The van der Waals surface area contributed by atoms with Gasteiger partial charge in [0.2, 0.25) is 0 Å². The van der Waals surface area contributed by atoms with Gasteiger partial charge in [-0.15, -0.1) is 0 Å². The molecule has 0 spiro atoms. The van der Waals surface area contributed by atoms with Crippen molar-refractivity contribution in [1.82, 2.24) is 0 Å². The minimum atomic E-state index is -0.324. The molecule has 2 aromatic carbocycles. The number of carbonyl (C=O) groups is 2. The van der Waals surface area contributed by atoms with Gasteiger partial charge in [0.15, 0.2) is 17.3 Å². The van der Waals surface area contributed by atoms with Gasteiger partial charge in [-0.1, -0.05) is 12.1 Å². The van der Waals surface area contributed by atoms with Crippen molar-refractivity contribution in [3.05, 3.63) is 53.6 Å². The predicted molar refractivity (Wildman–Crippen MR) is 83.9 cm³/mol. The first-order chi connectivity index (χ1) is 10.6. The van der Waals surface area contributed by atoms with E-state index in [1.807, 2.05) is 0 Å². The molecular weight excluding hydrogens is 282 g/mol. The van der Waals surface area contributed by atoms with Crippen LogP contribution in [0.15, 0.2) is 42.5 Å². The zero-order valence-electron chi connectivity index (χ0n) is 12.7. The summed E-state index contributed by atoms with van der Waals surface area (Å²) in [4.78, 5) is 23.9. The second-order valence-corrected chi connectivity index (χ2v) is 4.63. The molecule has 0 aliphatic carbocycles. The third-order valence-electron chi connectivity index (χ3n) is 3.20. The van der Waals surface area contributed by atoms with E-state index in [0.717, 1.165) is 0 Å². The van der Waals surface area contributed by atoms with Gasteiger partial charge in [-0.05, 0) is 37.3 Å². The summed E-state index contributed by atoms with van der Waals surface area (Å²) in [6, 6.07) is 11.8. The van der Waals surface area contributed by atoms with Crippen LogP contribution in [0.25, 0.3) is 0 Å². The second kappa shape index (κ2) is 6.76. The van der Waals surface area contributed by atoms with Gasteiger partial charge in [0.25, 0.3) is 5.91 Å². The van der Waals surface area contributed by atoms with Crippen molar-refractivity contribution in [3.8, 4) is 11.5 Å². The van der Waals surface area contributed by atoms with E-state index in [0.29, 0.717) is 28.3 Å². The van der Waals surface area contributed by atoms with E-state index in [2.05, 4.69) is 5.32 Å². The number of ketones is 1. The van der Waals surface area contributed by atoms with Gasteiger partial charge in [0.05, 0.1) is 19.9 Å². The van der Waals surface area contributed by atoms with Crippen LogP contribution >= 0.6 is 0 Å². The molecule has 114 valence electrons. The summed E-state index contributed by atoms with van der Waals surface area (Å²) < 4.78 is 10.3. The number of amides is 1. The molecule has 0 saturated heterocycles. The van der Waals surface area contributed by atoms with Crippen LogP contribution in [0.5, 0.6) is 11.5 Å². The molecule has 5 nitrogen and oxygen atoms in total. The number of rotatable bonds is 5. The van der Waals surface area contributed by atoms with Crippen molar-refractivity contribution >= 4 is 17.4 Å². The molecule has 5 heteroatoms. The lowest BCUT2D eigenvalue weighted by atomic mass is 10.1. The highest BCUT2D eigenvalue weighted by atomic mass is 16.5. The molecule has 22 heavy (non-hydrogen) atoms. The fraction of sp³-hybridized carbons (Fsp3) is 0.176. The summed E-state index contributed by atoms with van der Waals surface area (Å²) in [5.74, 6) is 0.580. The zero-order chi connectivity index (χ0) is 16.1. The van der Waals surface area contributed by atoms with Crippen molar-refractivity contribution in [1.29, 1.82) is 0 Å². The second-order valence-electron chi connectivity index (χ2n) is 4.63. The summed E-state index contributed by atoms with van der Waals surface area (Å²) in [6.45, 7) is 1.46. The standard InChI is InChI=1S/C17H17NO4/c1-11(19)13-6-4-5-7-14(13)18-17(20)12-8-9-15(21-2)16(10-12)22-3/h4-10H,1-3H3,(H,18,20). The summed E-state index contributed by atoms with van der Waals surface area (Å²) in [7, 11) is 3.03. The van der Waals surface area contributed by atoms with Gasteiger partial charge in [-0.25, -0.2) is 0 Å². The average molecular weight is 299 g/mol. The maximum Gasteiger partial charge on any atom is 0.255 e. The van der Waals surface area contributed by atoms with Crippen LogP contribution in [0.2, 0.25) is 0 Å². The number of benzene rings is 2. The maximum atomic E-state index is 12.3. The summed E-state index contributed by atoms with van der Waals surface area (Å²) in [5, 5.41) is 2.74. The minimum absolute atomic E-state index is 0.108. The van der Waals surface area contributed by atoms with Crippen LogP contribution in [0, 0.1) is 0 Å². The van der Waals surface area contributed by atoms with Crippen molar-refractivity contribution in [2.75, 3.05) is 19.5 Å². The zero-order valence-corrected chi connectivity index (χ0v) is 12.7. The predicted octanol–water partition coefficient (Wildman–Crippen LogP) is 3.16. The highest BCUT2D eigenvalue weighted by molar-refractivity contribution is 6.09. The molecule has 2 aromatic rings. The Hall–Kier alpha value is -2.82. The molecule has 1 amide bonds. The monoisotopic (exact) mass is 299 g/mol. The molecule has 1 N–H and O–H groups in total. The summed E-state index contributed by atoms with van der Waals surface area (Å²) in [6.07, 6.45) is 0. The van der Waals surface area contributed by atoms with Crippen LogP contribution < -0.4 is 14.8 Å². The fourth-order valence-corrected chi connectivity index (χ4v) is 2.07. The van der Waals surface area contributed by atoms with Crippen LogP contribution in [0.3, 0.4) is 0 Å². The highest BCUT2D eigenvalue weighted by Crippen LogP contribution is 2.28. The SMILES string of the molecule is COc1ccc(C(=O)Nc2ccccc2C(C)=O)cc1OC. The molecule has 2 rings (SSSR count). The average Bonchev–Trinajstić information content (AvgIpc) is 2.54. The number of hydrogen-bond acceptors (Lipinski definition) is 4. The number of ether oxygens (including phenoxy) is 2. The van der Waals surface area contributed by atoms with Crippen molar-refractivity contribution in [2.45, 2.75) is 6.92 Å². The van der Waals surface area contributed by atoms with Gasteiger partial charge >= 0.3 is 0 Å². The molecule has 0 aliphatic rings. The van der Waals surface area contributed by atoms with E-state index in [1.54, 1.807) is 42.5 Å². The van der Waals surface area contributed by atoms with Gasteiger partial charge in [0.1, 0.15) is 0 Å². The molecule has 0 atom stereocenters. The van der Waals surface area contributed by atoms with E-state index in [1.165, 1.54) is 21.1 Å². The topological polar surface area (TPSA) is 64.6 Å². The number of hydrogen-bond donors (Lipinski definition) is 1. The molecule has 0 aliphatic heterocycles. The summed E-state index contributed by atoms with van der Waals surface area (Å²) in [5.41, 5.74) is 1.36. The smallest absolute Gasteiger partial charge is 0.255 e. The van der Waals surface area contributed by atoms with E-state index in [4.69, 9.17) is 9.47 Å². The van der Waals surface area contributed by atoms with E-state index in [-0.39, 0.29) is 11.7 Å². The molecule has 0 radical (unpaired) electrons. The maximum absolute atomic E-state index is 12.3. The summed E-state index contributed by atoms with van der Waals surface area (Å²) >= 11 is 0. The molecule has 0 unspecified atom stereocenters. The minimum Gasteiger partial charge on any atom is -0.493 e. The van der Waals surface area contributed by atoms with Gasteiger partial charge in [-0.2, -0.15) is 0 Å². The first-order valence-corrected chi connectivity index (χ1v) is 6.70. The van der Waals surface area contributed by atoms with Crippen LogP contribution in [0.4, 0.5) is 5.69 Å².